The quantitative estimate of drug-likeness (QED) is 0.658. The highest BCUT2D eigenvalue weighted by molar-refractivity contribution is 5.79. The summed E-state index contributed by atoms with van der Waals surface area (Å²) in [6, 6.07) is 5.73. The Hall–Kier alpha value is -1.58. The number of aliphatic imine (C=N–C) groups is 1. The van der Waals surface area contributed by atoms with Crippen LogP contribution in [0, 0.1) is 12.7 Å². The molecule has 1 aliphatic rings. The Bertz CT molecular complexity index is 465. The van der Waals surface area contributed by atoms with Crippen molar-refractivity contribution < 1.29 is 4.39 Å². The van der Waals surface area contributed by atoms with E-state index in [0.29, 0.717) is 18.2 Å². The summed E-state index contributed by atoms with van der Waals surface area (Å²) in [5, 5.41) is 6.76. The number of benzene rings is 1. The molecule has 3 nitrogen and oxygen atoms in total. The monoisotopic (exact) mass is 277 g/mol. The summed E-state index contributed by atoms with van der Waals surface area (Å²) in [7, 11) is 1.79. The third-order valence-corrected chi connectivity index (χ3v) is 3.85. The van der Waals surface area contributed by atoms with Gasteiger partial charge in [0, 0.05) is 19.6 Å². The molecule has 1 fully saturated rings. The molecule has 0 aliphatic heterocycles. The highest BCUT2D eigenvalue weighted by Crippen LogP contribution is 2.17. The summed E-state index contributed by atoms with van der Waals surface area (Å²) in [5.41, 5.74) is 1.75. The van der Waals surface area contributed by atoms with Gasteiger partial charge < -0.3 is 10.6 Å². The molecule has 1 aromatic carbocycles. The van der Waals surface area contributed by atoms with Crippen LogP contribution >= 0.6 is 0 Å². The molecular weight excluding hydrogens is 253 g/mol. The zero-order valence-corrected chi connectivity index (χ0v) is 12.4. The van der Waals surface area contributed by atoms with Crippen LogP contribution in [0.4, 0.5) is 4.39 Å². The van der Waals surface area contributed by atoms with Crippen molar-refractivity contribution in [1.82, 2.24) is 10.6 Å². The first kappa shape index (κ1) is 14.8. The molecule has 0 atom stereocenters. The first-order chi connectivity index (χ1) is 9.69. The second kappa shape index (κ2) is 7.27. The van der Waals surface area contributed by atoms with Gasteiger partial charge in [-0.05, 0) is 37.0 Å². The molecule has 0 aromatic heterocycles. The molecule has 0 unspecified atom stereocenters. The van der Waals surface area contributed by atoms with Crippen LogP contribution in [0.2, 0.25) is 0 Å². The minimum atomic E-state index is -0.154. The first-order valence-electron chi connectivity index (χ1n) is 7.41. The van der Waals surface area contributed by atoms with Gasteiger partial charge in [0.25, 0.3) is 0 Å². The lowest BCUT2D eigenvalue weighted by molar-refractivity contribution is 0.410. The van der Waals surface area contributed by atoms with Crippen LogP contribution in [0.25, 0.3) is 0 Å². The van der Waals surface area contributed by atoms with Crippen LogP contribution in [-0.2, 0) is 6.54 Å². The van der Waals surface area contributed by atoms with E-state index in [9.17, 15) is 4.39 Å². The molecule has 0 radical (unpaired) electrons. The molecule has 2 N–H and O–H groups in total. The van der Waals surface area contributed by atoms with Gasteiger partial charge in [0.2, 0.25) is 0 Å². The predicted octanol–water partition coefficient (Wildman–Crippen LogP) is 3.13. The minimum Gasteiger partial charge on any atom is -0.354 e. The van der Waals surface area contributed by atoms with E-state index in [-0.39, 0.29) is 5.82 Å². The van der Waals surface area contributed by atoms with Crippen LogP contribution < -0.4 is 10.6 Å². The number of hydrogen-bond acceptors (Lipinski definition) is 1. The summed E-state index contributed by atoms with van der Waals surface area (Å²) in [6.45, 7) is 2.45. The Labute approximate surface area is 120 Å². The molecule has 1 saturated carbocycles. The normalized spacial score (nSPS) is 17.1. The smallest absolute Gasteiger partial charge is 0.191 e. The van der Waals surface area contributed by atoms with Crippen molar-refractivity contribution in [2.24, 2.45) is 4.99 Å². The molecule has 0 heterocycles. The Morgan fingerprint density at radius 3 is 2.70 bits per heavy atom. The zero-order valence-electron chi connectivity index (χ0n) is 12.4. The average molecular weight is 277 g/mol. The Morgan fingerprint density at radius 2 is 2.05 bits per heavy atom. The lowest BCUT2D eigenvalue weighted by atomic mass is 9.96. The van der Waals surface area contributed by atoms with Crippen LogP contribution in [0.1, 0.15) is 43.2 Å². The van der Waals surface area contributed by atoms with E-state index in [0.717, 1.165) is 11.5 Å². The maximum absolute atomic E-state index is 13.2. The number of nitrogens with one attached hydrogen (secondary N) is 2. The molecule has 0 saturated heterocycles. The maximum atomic E-state index is 13.2. The van der Waals surface area contributed by atoms with Gasteiger partial charge in [-0.2, -0.15) is 0 Å². The first-order valence-corrected chi connectivity index (χ1v) is 7.41. The summed E-state index contributed by atoms with van der Waals surface area (Å²) in [5.74, 6) is 0.678. The van der Waals surface area contributed by atoms with Crippen molar-refractivity contribution in [1.29, 1.82) is 0 Å². The second-order valence-electron chi connectivity index (χ2n) is 5.49. The van der Waals surface area contributed by atoms with E-state index in [1.165, 1.54) is 38.2 Å². The molecule has 1 aliphatic carbocycles. The lowest BCUT2D eigenvalue weighted by Gasteiger charge is -2.24. The highest BCUT2D eigenvalue weighted by Gasteiger charge is 2.14. The SMILES string of the molecule is CN=C(NCc1ccc(F)c(C)c1)NC1CCCCC1. The number of rotatable bonds is 3. The third kappa shape index (κ3) is 4.22. The topological polar surface area (TPSA) is 36.4 Å². The molecule has 0 spiro atoms. The summed E-state index contributed by atoms with van der Waals surface area (Å²) in [4.78, 5) is 4.26. The average Bonchev–Trinajstić information content (AvgIpc) is 2.48. The Morgan fingerprint density at radius 1 is 1.30 bits per heavy atom. The van der Waals surface area contributed by atoms with Gasteiger partial charge in [-0.1, -0.05) is 31.4 Å². The number of aryl methyl sites for hydroxylation is 1. The molecule has 4 heteroatoms. The minimum absolute atomic E-state index is 0.154. The largest absolute Gasteiger partial charge is 0.354 e. The fourth-order valence-corrected chi connectivity index (χ4v) is 2.64. The van der Waals surface area contributed by atoms with Gasteiger partial charge in [-0.15, -0.1) is 0 Å². The van der Waals surface area contributed by atoms with Gasteiger partial charge >= 0.3 is 0 Å². The van der Waals surface area contributed by atoms with Crippen molar-refractivity contribution in [3.8, 4) is 0 Å². The summed E-state index contributed by atoms with van der Waals surface area (Å²) >= 11 is 0. The van der Waals surface area contributed by atoms with Crippen molar-refractivity contribution in [3.05, 3.63) is 35.1 Å². The van der Waals surface area contributed by atoms with E-state index in [1.807, 2.05) is 12.1 Å². The molecule has 110 valence electrons. The maximum Gasteiger partial charge on any atom is 0.191 e. The number of nitrogens with zero attached hydrogens (tertiary/aromatic N) is 1. The van der Waals surface area contributed by atoms with Crippen LogP contribution in [0.5, 0.6) is 0 Å². The summed E-state index contributed by atoms with van der Waals surface area (Å²) < 4.78 is 13.2. The lowest BCUT2D eigenvalue weighted by Crippen LogP contribution is -2.43. The van der Waals surface area contributed by atoms with Gasteiger partial charge in [0.1, 0.15) is 5.82 Å². The van der Waals surface area contributed by atoms with Gasteiger partial charge in [-0.25, -0.2) is 4.39 Å². The van der Waals surface area contributed by atoms with E-state index < -0.39 is 0 Å². The van der Waals surface area contributed by atoms with Gasteiger partial charge in [-0.3, -0.25) is 4.99 Å². The fraction of sp³-hybridized carbons (Fsp3) is 0.562. The van der Waals surface area contributed by atoms with Gasteiger partial charge in [0.15, 0.2) is 5.96 Å². The van der Waals surface area contributed by atoms with Crippen molar-refractivity contribution in [3.63, 3.8) is 0 Å². The van der Waals surface area contributed by atoms with E-state index in [2.05, 4.69) is 15.6 Å². The zero-order chi connectivity index (χ0) is 14.4. The molecule has 1 aromatic rings. The van der Waals surface area contributed by atoms with Crippen LogP contribution in [-0.4, -0.2) is 19.0 Å². The van der Waals surface area contributed by atoms with Crippen molar-refractivity contribution in [2.75, 3.05) is 7.05 Å². The highest BCUT2D eigenvalue weighted by atomic mass is 19.1. The van der Waals surface area contributed by atoms with Gasteiger partial charge in [0.05, 0.1) is 0 Å². The number of hydrogen-bond donors (Lipinski definition) is 2. The van der Waals surface area contributed by atoms with E-state index in [4.69, 9.17) is 0 Å². The molecular formula is C16H24FN3. The van der Waals surface area contributed by atoms with Crippen molar-refractivity contribution >= 4 is 5.96 Å². The number of guanidine groups is 1. The molecule has 0 bridgehead atoms. The molecule has 20 heavy (non-hydrogen) atoms. The van der Waals surface area contributed by atoms with Crippen LogP contribution in [0.15, 0.2) is 23.2 Å². The standard InChI is InChI=1S/C16H24FN3/c1-12-10-13(8-9-15(12)17)11-19-16(18-2)20-14-6-4-3-5-7-14/h8-10,14H,3-7,11H2,1-2H3,(H2,18,19,20). The Balaban J connectivity index is 1.85. The fourth-order valence-electron chi connectivity index (χ4n) is 2.64. The van der Waals surface area contributed by atoms with E-state index in [1.54, 1.807) is 14.0 Å². The molecule has 2 rings (SSSR count). The van der Waals surface area contributed by atoms with Crippen LogP contribution in [0.3, 0.4) is 0 Å². The predicted molar refractivity (Wildman–Crippen MR) is 81.3 cm³/mol. The summed E-state index contributed by atoms with van der Waals surface area (Å²) in [6.07, 6.45) is 6.38. The molecule has 0 amide bonds. The second-order valence-corrected chi connectivity index (χ2v) is 5.49. The third-order valence-electron chi connectivity index (χ3n) is 3.85. The number of halogens is 1. The Kier molecular flexibility index (Phi) is 5.39. The van der Waals surface area contributed by atoms with E-state index >= 15 is 0 Å². The van der Waals surface area contributed by atoms with Crippen molar-refractivity contribution in [2.45, 2.75) is 51.6 Å².